The third-order valence-electron chi connectivity index (χ3n) is 2.28. The van der Waals surface area contributed by atoms with Crippen molar-refractivity contribution in [3.63, 3.8) is 0 Å². The maximum atomic E-state index is 13.8. The van der Waals surface area contributed by atoms with Crippen LogP contribution in [0.5, 0.6) is 5.75 Å². The predicted octanol–water partition coefficient (Wildman–Crippen LogP) is 2.65. The lowest BCUT2D eigenvalue weighted by Gasteiger charge is -2.28. The van der Waals surface area contributed by atoms with Crippen LogP contribution < -0.4 is 4.74 Å². The van der Waals surface area contributed by atoms with E-state index in [1.807, 2.05) is 18.2 Å². The van der Waals surface area contributed by atoms with Crippen molar-refractivity contribution < 1.29 is 9.13 Å². The molecule has 0 saturated heterocycles. The normalized spacial score (nSPS) is 27.5. The molecule has 1 aromatic carbocycles. The molecule has 0 amide bonds. The number of halogens is 1. The van der Waals surface area contributed by atoms with Gasteiger partial charge in [0, 0.05) is 12.0 Å². The number of para-hydroxylation sites is 1. The molecule has 1 heterocycles. The van der Waals surface area contributed by atoms with Gasteiger partial charge in [0.1, 0.15) is 11.4 Å². The van der Waals surface area contributed by atoms with Crippen LogP contribution >= 0.6 is 0 Å². The third kappa shape index (κ3) is 1.07. The number of hydrogen-bond acceptors (Lipinski definition) is 1. The molecule has 2 rings (SSSR count). The van der Waals surface area contributed by atoms with Crippen LogP contribution in [-0.2, 0) is 5.67 Å². The summed E-state index contributed by atoms with van der Waals surface area (Å²) in [5.41, 5.74) is -0.536. The molecule has 0 saturated carbocycles. The molecule has 2 heteroatoms. The van der Waals surface area contributed by atoms with Crippen LogP contribution in [0.3, 0.4) is 0 Å². The van der Waals surface area contributed by atoms with Crippen LogP contribution in [0.25, 0.3) is 0 Å². The molecule has 0 spiro atoms. The third-order valence-corrected chi connectivity index (χ3v) is 2.28. The summed E-state index contributed by atoms with van der Waals surface area (Å²) in [6.45, 7) is 2.08. The average Bonchev–Trinajstić information content (AvgIpc) is 2.04. The van der Waals surface area contributed by atoms with Crippen molar-refractivity contribution in [1.82, 2.24) is 0 Å². The number of hydrogen-bond donors (Lipinski definition) is 0. The van der Waals surface area contributed by atoms with Gasteiger partial charge in [0.2, 0.25) is 0 Å². The summed E-state index contributed by atoms with van der Waals surface area (Å²) in [4.78, 5) is 0. The smallest absolute Gasteiger partial charge is 0.140 e. The van der Waals surface area contributed by atoms with E-state index in [9.17, 15) is 4.39 Å². The molecule has 0 radical (unpaired) electrons. The summed E-state index contributed by atoms with van der Waals surface area (Å²) in [5.74, 6) is 0.689. The molecule has 0 aliphatic carbocycles. The molecule has 0 bridgehead atoms. The van der Waals surface area contributed by atoms with Gasteiger partial charge in [-0.3, -0.25) is 0 Å². The zero-order valence-electron chi connectivity index (χ0n) is 7.01. The highest BCUT2D eigenvalue weighted by Gasteiger charge is 2.32. The highest BCUT2D eigenvalue weighted by Crippen LogP contribution is 2.39. The first-order valence-electron chi connectivity index (χ1n) is 4.11. The fourth-order valence-corrected chi connectivity index (χ4v) is 1.51. The monoisotopic (exact) mass is 166 g/mol. The Hall–Kier alpha value is -1.05. The minimum absolute atomic E-state index is 0.448. The first-order chi connectivity index (χ1) is 5.70. The van der Waals surface area contributed by atoms with Crippen molar-refractivity contribution in [2.24, 2.45) is 0 Å². The summed E-state index contributed by atoms with van der Waals surface area (Å²) >= 11 is 0. The van der Waals surface area contributed by atoms with Gasteiger partial charge < -0.3 is 4.74 Å². The van der Waals surface area contributed by atoms with Crippen LogP contribution in [0.15, 0.2) is 24.3 Å². The van der Waals surface area contributed by atoms with Gasteiger partial charge in [0.05, 0.1) is 6.61 Å². The lowest BCUT2D eigenvalue weighted by Crippen LogP contribution is -2.24. The first-order valence-corrected chi connectivity index (χ1v) is 4.11. The molecule has 12 heavy (non-hydrogen) atoms. The fraction of sp³-hybridized carbons (Fsp3) is 0.400. The maximum absolute atomic E-state index is 13.8. The number of benzene rings is 1. The second-order valence-corrected chi connectivity index (χ2v) is 3.29. The zero-order valence-corrected chi connectivity index (χ0v) is 7.01. The first kappa shape index (κ1) is 7.59. The van der Waals surface area contributed by atoms with Gasteiger partial charge in [-0.15, -0.1) is 0 Å². The number of alkyl halides is 1. The Labute approximate surface area is 71.2 Å². The Bertz CT molecular complexity index is 294. The molecule has 1 nitrogen and oxygen atoms in total. The van der Waals surface area contributed by atoms with Gasteiger partial charge in [-0.05, 0) is 13.0 Å². The van der Waals surface area contributed by atoms with E-state index in [0.29, 0.717) is 24.3 Å². The lowest BCUT2D eigenvalue weighted by molar-refractivity contribution is 0.110. The van der Waals surface area contributed by atoms with E-state index in [1.165, 1.54) is 0 Å². The molecule has 0 N–H and O–H groups in total. The molecule has 1 unspecified atom stereocenters. The van der Waals surface area contributed by atoms with Crippen LogP contribution in [0, 0.1) is 0 Å². The standard InChI is InChI=1S/C10H11FO/c1-10(11)6-7-12-9-5-3-2-4-8(9)10/h2-5H,6-7H2,1H3. The Morgan fingerprint density at radius 3 is 2.92 bits per heavy atom. The molecule has 0 aromatic heterocycles. The Morgan fingerprint density at radius 2 is 2.17 bits per heavy atom. The van der Waals surface area contributed by atoms with Crippen molar-refractivity contribution >= 4 is 0 Å². The molecule has 1 aliphatic heterocycles. The van der Waals surface area contributed by atoms with E-state index in [4.69, 9.17) is 4.74 Å². The van der Waals surface area contributed by atoms with E-state index in [-0.39, 0.29) is 0 Å². The number of rotatable bonds is 0. The van der Waals surface area contributed by atoms with Gasteiger partial charge in [-0.2, -0.15) is 0 Å². The van der Waals surface area contributed by atoms with Crippen molar-refractivity contribution in [2.45, 2.75) is 19.0 Å². The molecule has 1 aromatic rings. The largest absolute Gasteiger partial charge is 0.493 e. The van der Waals surface area contributed by atoms with Gasteiger partial charge in [-0.1, -0.05) is 18.2 Å². The second kappa shape index (κ2) is 2.47. The van der Waals surface area contributed by atoms with E-state index >= 15 is 0 Å². The highest BCUT2D eigenvalue weighted by molar-refractivity contribution is 5.39. The Morgan fingerprint density at radius 1 is 1.42 bits per heavy atom. The van der Waals surface area contributed by atoms with Crippen LogP contribution in [-0.4, -0.2) is 6.61 Å². The molecule has 0 fully saturated rings. The van der Waals surface area contributed by atoms with E-state index in [0.717, 1.165) is 0 Å². The second-order valence-electron chi connectivity index (χ2n) is 3.29. The fourth-order valence-electron chi connectivity index (χ4n) is 1.51. The zero-order chi connectivity index (χ0) is 8.60. The van der Waals surface area contributed by atoms with Crippen LogP contribution in [0.4, 0.5) is 4.39 Å². The Balaban J connectivity index is 2.52. The van der Waals surface area contributed by atoms with Crippen molar-refractivity contribution in [2.75, 3.05) is 6.61 Å². The highest BCUT2D eigenvalue weighted by atomic mass is 19.1. The summed E-state index contributed by atoms with van der Waals surface area (Å²) in [5, 5.41) is 0. The quantitative estimate of drug-likeness (QED) is 0.575. The molecular weight excluding hydrogens is 155 g/mol. The SMILES string of the molecule is CC1(F)CCOc2ccccc21. The van der Waals surface area contributed by atoms with Gasteiger partial charge in [0.15, 0.2) is 0 Å². The topological polar surface area (TPSA) is 9.23 Å². The van der Waals surface area contributed by atoms with Crippen LogP contribution in [0.1, 0.15) is 18.9 Å². The molecule has 1 atom stereocenters. The molecular formula is C10H11FO. The van der Waals surface area contributed by atoms with Crippen molar-refractivity contribution in [1.29, 1.82) is 0 Å². The number of fused-ring (bicyclic) bond motifs is 1. The van der Waals surface area contributed by atoms with Gasteiger partial charge >= 0.3 is 0 Å². The predicted molar refractivity (Wildman–Crippen MR) is 45.0 cm³/mol. The lowest BCUT2D eigenvalue weighted by atomic mass is 9.92. The molecule has 64 valence electrons. The van der Waals surface area contributed by atoms with Gasteiger partial charge in [0.25, 0.3) is 0 Å². The minimum Gasteiger partial charge on any atom is -0.493 e. The van der Waals surface area contributed by atoms with E-state index in [1.54, 1.807) is 13.0 Å². The molecule has 1 aliphatic rings. The summed E-state index contributed by atoms with van der Waals surface area (Å²) in [6.07, 6.45) is 0.448. The van der Waals surface area contributed by atoms with Crippen LogP contribution in [0.2, 0.25) is 0 Å². The van der Waals surface area contributed by atoms with Crippen molar-refractivity contribution in [3.8, 4) is 5.75 Å². The van der Waals surface area contributed by atoms with E-state index in [2.05, 4.69) is 0 Å². The summed E-state index contributed by atoms with van der Waals surface area (Å²) in [6, 6.07) is 7.30. The Kier molecular flexibility index (Phi) is 1.56. The van der Waals surface area contributed by atoms with Crippen molar-refractivity contribution in [3.05, 3.63) is 29.8 Å². The average molecular weight is 166 g/mol. The van der Waals surface area contributed by atoms with E-state index < -0.39 is 5.67 Å². The maximum Gasteiger partial charge on any atom is 0.140 e. The van der Waals surface area contributed by atoms with Gasteiger partial charge in [-0.25, -0.2) is 4.39 Å². The minimum atomic E-state index is -1.21. The summed E-state index contributed by atoms with van der Waals surface area (Å²) < 4.78 is 19.1. The number of ether oxygens (including phenoxy) is 1. The summed E-state index contributed by atoms with van der Waals surface area (Å²) in [7, 11) is 0.